The number of nitrogens with zero attached hydrogens (tertiary/aromatic N) is 2. The van der Waals surface area contributed by atoms with Crippen LogP contribution >= 0.6 is 0 Å². The molecule has 1 N–H and O–H groups in total. The fraction of sp³-hybridized carbons (Fsp3) is 0.545. The number of pyridine rings is 1. The number of sulfonamides is 1. The van der Waals surface area contributed by atoms with E-state index >= 15 is 0 Å². The van der Waals surface area contributed by atoms with E-state index in [-0.39, 0.29) is 5.03 Å². The van der Waals surface area contributed by atoms with Gasteiger partial charge in [0.2, 0.25) is 0 Å². The lowest BCUT2D eigenvalue weighted by atomic mass is 10.4. The molecule has 17 heavy (non-hydrogen) atoms. The molecule has 1 rings (SSSR count). The third kappa shape index (κ3) is 2.95. The molecule has 0 amide bonds. The van der Waals surface area contributed by atoms with Crippen LogP contribution in [0.5, 0.6) is 0 Å². The van der Waals surface area contributed by atoms with Crippen LogP contribution in [-0.4, -0.2) is 37.8 Å². The lowest BCUT2D eigenvalue weighted by Gasteiger charge is -2.20. The average Bonchev–Trinajstić information content (AvgIpc) is 2.35. The van der Waals surface area contributed by atoms with E-state index in [2.05, 4.69) is 10.3 Å². The fourth-order valence-corrected chi connectivity index (χ4v) is 3.26. The lowest BCUT2D eigenvalue weighted by molar-refractivity contribution is 0.425. The van der Waals surface area contributed by atoms with Crippen molar-refractivity contribution in [2.45, 2.75) is 25.3 Å². The Morgan fingerprint density at radius 3 is 2.65 bits per heavy atom. The predicted molar refractivity (Wildman–Crippen MR) is 68.5 cm³/mol. The van der Waals surface area contributed by atoms with Gasteiger partial charge in [0, 0.05) is 26.3 Å². The molecule has 0 aliphatic heterocycles. The molecule has 1 aromatic heterocycles. The Morgan fingerprint density at radius 2 is 2.12 bits per heavy atom. The summed E-state index contributed by atoms with van der Waals surface area (Å²) in [7, 11) is -1.81. The predicted octanol–water partition coefficient (Wildman–Crippen LogP) is 1.54. The van der Waals surface area contributed by atoms with E-state index in [4.69, 9.17) is 0 Å². The van der Waals surface area contributed by atoms with Gasteiger partial charge in [-0.1, -0.05) is 13.8 Å². The van der Waals surface area contributed by atoms with Crippen LogP contribution in [0.3, 0.4) is 0 Å². The zero-order valence-electron chi connectivity index (χ0n) is 10.5. The second-order valence-corrected chi connectivity index (χ2v) is 5.46. The Hall–Kier alpha value is -1.14. The molecule has 0 aliphatic carbocycles. The van der Waals surface area contributed by atoms with Gasteiger partial charge < -0.3 is 5.32 Å². The summed E-state index contributed by atoms with van der Waals surface area (Å²) in [6.07, 6.45) is 2.28. The van der Waals surface area contributed by atoms with E-state index in [0.717, 1.165) is 6.42 Å². The smallest absolute Gasteiger partial charge is 0.262 e. The van der Waals surface area contributed by atoms with Crippen LogP contribution in [0.4, 0.5) is 5.69 Å². The summed E-state index contributed by atoms with van der Waals surface area (Å²) in [6, 6.07) is 3.42. The summed E-state index contributed by atoms with van der Waals surface area (Å²) < 4.78 is 26.2. The largest absolute Gasteiger partial charge is 0.386 e. The molecule has 0 saturated carbocycles. The molecule has 0 bridgehead atoms. The molecule has 0 radical (unpaired) electrons. The molecule has 0 aliphatic rings. The van der Waals surface area contributed by atoms with Crippen LogP contribution in [0.25, 0.3) is 0 Å². The van der Waals surface area contributed by atoms with Crippen LogP contribution in [0.15, 0.2) is 23.4 Å². The minimum atomic E-state index is -3.50. The number of hydrogen-bond acceptors (Lipinski definition) is 4. The van der Waals surface area contributed by atoms with Crippen molar-refractivity contribution in [2.75, 3.05) is 25.5 Å². The zero-order chi connectivity index (χ0) is 12.9. The van der Waals surface area contributed by atoms with E-state index in [1.165, 1.54) is 10.5 Å². The van der Waals surface area contributed by atoms with Crippen molar-refractivity contribution in [3.05, 3.63) is 18.3 Å². The monoisotopic (exact) mass is 257 g/mol. The van der Waals surface area contributed by atoms with Gasteiger partial charge in [-0.2, -0.15) is 4.31 Å². The molecule has 0 spiro atoms. The average molecular weight is 257 g/mol. The van der Waals surface area contributed by atoms with Crippen LogP contribution in [-0.2, 0) is 10.0 Å². The van der Waals surface area contributed by atoms with Gasteiger partial charge in [-0.25, -0.2) is 13.4 Å². The highest BCUT2D eigenvalue weighted by Crippen LogP contribution is 2.21. The van der Waals surface area contributed by atoms with Crippen molar-refractivity contribution < 1.29 is 8.42 Å². The first-order chi connectivity index (χ1) is 8.07. The summed E-state index contributed by atoms with van der Waals surface area (Å²) in [5.74, 6) is 0. The van der Waals surface area contributed by atoms with Crippen LogP contribution in [0.1, 0.15) is 20.3 Å². The van der Waals surface area contributed by atoms with Gasteiger partial charge in [-0.15, -0.1) is 0 Å². The fourth-order valence-electron chi connectivity index (χ4n) is 1.61. The van der Waals surface area contributed by atoms with Gasteiger partial charge in [-0.05, 0) is 18.6 Å². The molecule has 0 unspecified atom stereocenters. The standard InChI is InChI=1S/C11H19N3O2S/c1-4-9-14(5-2)17(15,16)11-10(12-3)7-6-8-13-11/h6-8,12H,4-5,9H2,1-3H3. The number of hydrogen-bond donors (Lipinski definition) is 1. The first kappa shape index (κ1) is 13.9. The molecule has 0 atom stereocenters. The van der Waals surface area contributed by atoms with Crippen LogP contribution in [0.2, 0.25) is 0 Å². The van der Waals surface area contributed by atoms with Crippen LogP contribution in [0, 0.1) is 0 Å². The van der Waals surface area contributed by atoms with E-state index in [9.17, 15) is 8.42 Å². The summed E-state index contributed by atoms with van der Waals surface area (Å²) in [6.45, 7) is 4.75. The molecule has 6 heteroatoms. The lowest BCUT2D eigenvalue weighted by Crippen LogP contribution is -2.32. The van der Waals surface area contributed by atoms with Gasteiger partial charge in [0.1, 0.15) is 0 Å². The summed E-state index contributed by atoms with van der Waals surface area (Å²) in [4.78, 5) is 3.98. The maximum atomic E-state index is 12.4. The Kier molecular flexibility index (Phi) is 4.89. The number of aromatic nitrogens is 1. The Morgan fingerprint density at radius 1 is 1.41 bits per heavy atom. The van der Waals surface area contributed by atoms with Crippen LogP contribution < -0.4 is 5.32 Å². The van der Waals surface area contributed by atoms with E-state index in [0.29, 0.717) is 18.8 Å². The van der Waals surface area contributed by atoms with Gasteiger partial charge in [0.25, 0.3) is 10.0 Å². The van der Waals surface area contributed by atoms with Crippen molar-refractivity contribution >= 4 is 15.7 Å². The molecular formula is C11H19N3O2S. The van der Waals surface area contributed by atoms with Crippen molar-refractivity contribution in [1.82, 2.24) is 9.29 Å². The maximum Gasteiger partial charge on any atom is 0.262 e. The van der Waals surface area contributed by atoms with E-state index in [1.54, 1.807) is 19.2 Å². The molecular weight excluding hydrogens is 238 g/mol. The molecule has 0 aromatic carbocycles. The Bertz CT molecular complexity index is 460. The molecule has 0 fully saturated rings. The minimum absolute atomic E-state index is 0.0952. The number of anilines is 1. The summed E-state index contributed by atoms with van der Waals surface area (Å²) in [5.41, 5.74) is 0.530. The third-order valence-electron chi connectivity index (χ3n) is 2.45. The van der Waals surface area contributed by atoms with Crippen molar-refractivity contribution in [1.29, 1.82) is 0 Å². The molecule has 96 valence electrons. The summed E-state index contributed by atoms with van der Waals surface area (Å²) >= 11 is 0. The molecule has 1 aromatic rings. The second-order valence-electron chi connectivity index (χ2n) is 3.60. The number of rotatable bonds is 6. The topological polar surface area (TPSA) is 62.3 Å². The highest BCUT2D eigenvalue weighted by molar-refractivity contribution is 7.89. The minimum Gasteiger partial charge on any atom is -0.386 e. The van der Waals surface area contributed by atoms with E-state index in [1.807, 2.05) is 13.8 Å². The summed E-state index contributed by atoms with van der Waals surface area (Å²) in [5, 5.41) is 2.95. The Balaban J connectivity index is 3.20. The SMILES string of the molecule is CCCN(CC)S(=O)(=O)c1ncccc1NC. The first-order valence-corrected chi connectivity index (χ1v) is 7.14. The van der Waals surface area contributed by atoms with Gasteiger partial charge in [0.05, 0.1) is 5.69 Å². The van der Waals surface area contributed by atoms with Gasteiger partial charge in [0.15, 0.2) is 5.03 Å². The highest BCUT2D eigenvalue weighted by Gasteiger charge is 2.26. The number of nitrogens with one attached hydrogen (secondary N) is 1. The normalized spacial score (nSPS) is 11.8. The first-order valence-electron chi connectivity index (χ1n) is 5.70. The zero-order valence-corrected chi connectivity index (χ0v) is 11.3. The molecule has 0 saturated heterocycles. The van der Waals surface area contributed by atoms with Crippen molar-refractivity contribution in [2.24, 2.45) is 0 Å². The van der Waals surface area contributed by atoms with Crippen molar-refractivity contribution in [3.8, 4) is 0 Å². The third-order valence-corrected chi connectivity index (χ3v) is 4.39. The quantitative estimate of drug-likeness (QED) is 0.839. The van der Waals surface area contributed by atoms with Gasteiger partial charge in [-0.3, -0.25) is 0 Å². The molecule has 5 nitrogen and oxygen atoms in total. The van der Waals surface area contributed by atoms with E-state index < -0.39 is 10.0 Å². The van der Waals surface area contributed by atoms with Crippen molar-refractivity contribution in [3.63, 3.8) is 0 Å². The maximum absolute atomic E-state index is 12.4. The highest BCUT2D eigenvalue weighted by atomic mass is 32.2. The van der Waals surface area contributed by atoms with Gasteiger partial charge >= 0.3 is 0 Å². The molecule has 1 heterocycles. The second kappa shape index (κ2) is 5.97. The Labute approximate surface area is 103 Å².